The fourth-order valence-electron chi connectivity index (χ4n) is 2.68. The minimum absolute atomic E-state index is 0.235. The number of ether oxygens (including phenoxy) is 1. The third-order valence-corrected chi connectivity index (χ3v) is 4.92. The van der Waals surface area contributed by atoms with Crippen molar-refractivity contribution in [2.24, 2.45) is 0 Å². The van der Waals surface area contributed by atoms with E-state index in [9.17, 15) is 9.59 Å². The fourth-order valence-corrected chi connectivity index (χ4v) is 3.41. The molecule has 0 saturated carbocycles. The second-order valence-electron chi connectivity index (χ2n) is 6.21. The van der Waals surface area contributed by atoms with E-state index in [2.05, 4.69) is 33.2 Å². The molecule has 0 aromatic heterocycles. The van der Waals surface area contributed by atoms with E-state index in [-0.39, 0.29) is 11.8 Å². The predicted molar refractivity (Wildman–Crippen MR) is 119 cm³/mol. The van der Waals surface area contributed by atoms with Crippen LogP contribution in [0.5, 0.6) is 5.75 Å². The van der Waals surface area contributed by atoms with Crippen molar-refractivity contribution >= 4 is 45.8 Å². The maximum atomic E-state index is 12.5. The van der Waals surface area contributed by atoms with Crippen molar-refractivity contribution in [2.75, 3.05) is 17.7 Å². The molecule has 0 atom stereocenters. The quantitative estimate of drug-likeness (QED) is 0.493. The number of benzene rings is 3. The van der Waals surface area contributed by atoms with Gasteiger partial charge in [0.25, 0.3) is 11.8 Å². The summed E-state index contributed by atoms with van der Waals surface area (Å²) in [5.74, 6) is 0.226. The Hall–Kier alpha value is -2.87. The number of anilines is 2. The Kier molecular flexibility index (Phi) is 6.30. The summed E-state index contributed by atoms with van der Waals surface area (Å²) in [6.07, 6.45) is 0. The molecule has 0 saturated heterocycles. The molecule has 3 aromatic carbocycles. The third-order valence-electron chi connectivity index (χ3n) is 4.07. The molecule has 0 unspecified atom stereocenters. The second kappa shape index (κ2) is 8.88. The molecule has 0 radical (unpaired) electrons. The van der Waals surface area contributed by atoms with E-state index in [1.165, 1.54) is 0 Å². The lowest BCUT2D eigenvalue weighted by Gasteiger charge is -2.10. The van der Waals surface area contributed by atoms with Crippen LogP contribution in [0.15, 0.2) is 66.7 Å². The van der Waals surface area contributed by atoms with Gasteiger partial charge >= 0.3 is 0 Å². The number of halogens is 1. The molecule has 2 amide bonds. The first-order valence-electron chi connectivity index (χ1n) is 8.59. The lowest BCUT2D eigenvalue weighted by molar-refractivity contribution is 0.101. The van der Waals surface area contributed by atoms with Gasteiger partial charge in [-0.3, -0.25) is 9.59 Å². The van der Waals surface area contributed by atoms with E-state index >= 15 is 0 Å². The highest BCUT2D eigenvalue weighted by atomic mass is 127. The Morgan fingerprint density at radius 1 is 0.821 bits per heavy atom. The largest absolute Gasteiger partial charge is 0.496 e. The van der Waals surface area contributed by atoms with Crippen LogP contribution < -0.4 is 15.4 Å². The zero-order chi connectivity index (χ0) is 20.1. The topological polar surface area (TPSA) is 67.4 Å². The number of nitrogens with one attached hydrogen (secondary N) is 2. The zero-order valence-corrected chi connectivity index (χ0v) is 17.6. The summed E-state index contributed by atoms with van der Waals surface area (Å²) in [5.41, 5.74) is 3.32. The predicted octanol–water partition coefficient (Wildman–Crippen LogP) is 5.11. The van der Waals surface area contributed by atoms with Gasteiger partial charge in [-0.2, -0.15) is 0 Å². The van der Waals surface area contributed by atoms with Gasteiger partial charge in [0.05, 0.1) is 10.7 Å². The minimum Gasteiger partial charge on any atom is -0.496 e. The number of amides is 2. The highest BCUT2D eigenvalue weighted by Crippen LogP contribution is 2.22. The summed E-state index contributed by atoms with van der Waals surface area (Å²) in [4.78, 5) is 25.0. The lowest BCUT2D eigenvalue weighted by Crippen LogP contribution is -2.15. The van der Waals surface area contributed by atoms with Crippen molar-refractivity contribution in [3.63, 3.8) is 0 Å². The molecule has 0 aliphatic carbocycles. The summed E-state index contributed by atoms with van der Waals surface area (Å²) >= 11 is 2.12. The molecule has 5 nitrogen and oxygen atoms in total. The van der Waals surface area contributed by atoms with Crippen molar-refractivity contribution in [1.29, 1.82) is 0 Å². The van der Waals surface area contributed by atoms with Gasteiger partial charge in [0.15, 0.2) is 0 Å². The summed E-state index contributed by atoms with van der Waals surface area (Å²) in [6, 6.07) is 19.6. The Balaban J connectivity index is 1.73. The highest BCUT2D eigenvalue weighted by Gasteiger charge is 2.11. The SMILES string of the molecule is COc1ccc(C(=O)Nc2cccc(C(=O)Nc3cccc(C)c3)c2)cc1I. The first-order valence-corrected chi connectivity index (χ1v) is 9.67. The van der Waals surface area contributed by atoms with Crippen molar-refractivity contribution < 1.29 is 14.3 Å². The van der Waals surface area contributed by atoms with Gasteiger partial charge < -0.3 is 15.4 Å². The Morgan fingerprint density at radius 3 is 2.04 bits per heavy atom. The van der Waals surface area contributed by atoms with Crippen molar-refractivity contribution in [1.82, 2.24) is 0 Å². The van der Waals surface area contributed by atoms with E-state index in [0.29, 0.717) is 22.6 Å². The number of methoxy groups -OCH3 is 1. The molecule has 0 spiro atoms. The highest BCUT2D eigenvalue weighted by molar-refractivity contribution is 14.1. The maximum absolute atomic E-state index is 12.5. The summed E-state index contributed by atoms with van der Waals surface area (Å²) in [5, 5.41) is 5.69. The molecule has 0 aliphatic heterocycles. The standard InChI is InChI=1S/C22H19IN2O3/c1-14-5-3-7-17(11-14)24-21(26)15-6-4-8-18(12-15)25-22(27)16-9-10-20(28-2)19(23)13-16/h3-13H,1-2H3,(H,24,26)(H,25,27). The molecule has 0 aliphatic rings. The monoisotopic (exact) mass is 486 g/mol. The average Bonchev–Trinajstić information content (AvgIpc) is 2.68. The van der Waals surface area contributed by atoms with Crippen molar-refractivity contribution in [2.45, 2.75) is 6.92 Å². The molecule has 0 fully saturated rings. The fraction of sp³-hybridized carbons (Fsp3) is 0.0909. The third kappa shape index (κ3) is 4.89. The van der Waals surface area contributed by atoms with Crippen LogP contribution in [0.25, 0.3) is 0 Å². The smallest absolute Gasteiger partial charge is 0.255 e. The average molecular weight is 486 g/mol. The van der Waals surface area contributed by atoms with Gasteiger partial charge in [-0.25, -0.2) is 0 Å². The molecular formula is C22H19IN2O3. The Labute approximate surface area is 177 Å². The molecule has 2 N–H and O–H groups in total. The minimum atomic E-state index is -0.253. The Bertz CT molecular complexity index is 1030. The number of hydrogen-bond acceptors (Lipinski definition) is 3. The first kappa shape index (κ1) is 19.9. The van der Waals surface area contributed by atoms with Crippen LogP contribution in [0.4, 0.5) is 11.4 Å². The van der Waals surface area contributed by atoms with E-state index < -0.39 is 0 Å². The molecule has 0 bridgehead atoms. The van der Waals surface area contributed by atoms with Gasteiger partial charge in [0, 0.05) is 22.5 Å². The number of rotatable bonds is 5. The van der Waals surface area contributed by atoms with Gasteiger partial charge in [0.1, 0.15) is 5.75 Å². The van der Waals surface area contributed by atoms with Crippen LogP contribution in [0.2, 0.25) is 0 Å². The van der Waals surface area contributed by atoms with E-state index in [0.717, 1.165) is 14.8 Å². The van der Waals surface area contributed by atoms with Crippen LogP contribution in [0.1, 0.15) is 26.3 Å². The molecule has 3 aromatic rings. The second-order valence-corrected chi connectivity index (χ2v) is 7.37. The number of aryl methyl sites for hydroxylation is 1. The number of carbonyl (C=O) groups excluding carboxylic acids is 2. The molecule has 3 rings (SSSR count). The molecular weight excluding hydrogens is 467 g/mol. The normalized spacial score (nSPS) is 10.2. The van der Waals surface area contributed by atoms with Gasteiger partial charge in [-0.1, -0.05) is 18.2 Å². The summed E-state index contributed by atoms with van der Waals surface area (Å²) in [7, 11) is 1.59. The first-order chi connectivity index (χ1) is 13.5. The molecule has 142 valence electrons. The van der Waals surface area contributed by atoms with Gasteiger partial charge in [-0.15, -0.1) is 0 Å². The van der Waals surface area contributed by atoms with Crippen LogP contribution in [0, 0.1) is 10.5 Å². The maximum Gasteiger partial charge on any atom is 0.255 e. The molecule has 0 heterocycles. The van der Waals surface area contributed by atoms with Crippen LogP contribution >= 0.6 is 22.6 Å². The van der Waals surface area contributed by atoms with E-state index in [1.807, 2.05) is 31.2 Å². The van der Waals surface area contributed by atoms with Crippen LogP contribution in [0.3, 0.4) is 0 Å². The zero-order valence-electron chi connectivity index (χ0n) is 15.5. The summed E-state index contributed by atoms with van der Waals surface area (Å²) < 4.78 is 6.06. The number of hydrogen-bond donors (Lipinski definition) is 2. The van der Waals surface area contributed by atoms with Crippen molar-refractivity contribution in [3.05, 3.63) is 87.0 Å². The van der Waals surface area contributed by atoms with E-state index in [4.69, 9.17) is 4.74 Å². The molecule has 28 heavy (non-hydrogen) atoms. The van der Waals surface area contributed by atoms with Gasteiger partial charge in [0.2, 0.25) is 0 Å². The van der Waals surface area contributed by atoms with Crippen LogP contribution in [-0.2, 0) is 0 Å². The molecule has 6 heteroatoms. The number of carbonyl (C=O) groups is 2. The lowest BCUT2D eigenvalue weighted by atomic mass is 10.1. The van der Waals surface area contributed by atoms with Gasteiger partial charge in [-0.05, 0) is 83.6 Å². The van der Waals surface area contributed by atoms with Crippen LogP contribution in [-0.4, -0.2) is 18.9 Å². The Morgan fingerprint density at radius 2 is 1.43 bits per heavy atom. The summed E-state index contributed by atoms with van der Waals surface area (Å²) in [6.45, 7) is 1.96. The van der Waals surface area contributed by atoms with E-state index in [1.54, 1.807) is 49.6 Å². The van der Waals surface area contributed by atoms with Crippen molar-refractivity contribution in [3.8, 4) is 5.75 Å².